The fraction of sp³-hybridized carbons (Fsp3) is 0.600. The smallest absolute Gasteiger partial charge is 0.277 e. The molecule has 1 atom stereocenters. The van der Waals surface area contributed by atoms with Crippen LogP contribution in [0.2, 0.25) is 0 Å². The summed E-state index contributed by atoms with van der Waals surface area (Å²) in [4.78, 5) is 24.8. The number of carbonyl (C=O) groups is 1. The zero-order chi connectivity index (χ0) is 19.3. The molecule has 2 aromatic rings. The minimum Gasteiger partial charge on any atom is -0.353 e. The molecule has 0 saturated heterocycles. The van der Waals surface area contributed by atoms with Crippen molar-refractivity contribution in [1.82, 2.24) is 20.3 Å². The predicted molar refractivity (Wildman–Crippen MR) is 104 cm³/mol. The fourth-order valence-electron chi connectivity index (χ4n) is 2.87. The summed E-state index contributed by atoms with van der Waals surface area (Å²) in [5, 5.41) is 11.6. The van der Waals surface area contributed by atoms with Gasteiger partial charge >= 0.3 is 0 Å². The van der Waals surface area contributed by atoms with E-state index in [-0.39, 0.29) is 35.9 Å². The van der Waals surface area contributed by atoms with Gasteiger partial charge in [-0.3, -0.25) is 9.59 Å². The van der Waals surface area contributed by atoms with Crippen LogP contribution in [0.5, 0.6) is 0 Å². The summed E-state index contributed by atoms with van der Waals surface area (Å²) in [6.45, 7) is 11.0. The Kier molecular flexibility index (Phi) is 6.51. The van der Waals surface area contributed by atoms with E-state index in [0.29, 0.717) is 16.8 Å². The van der Waals surface area contributed by atoms with Crippen molar-refractivity contribution in [2.75, 3.05) is 0 Å². The average molecular weight is 358 g/mol. The molecule has 1 heterocycles. The number of amides is 1. The fourth-order valence-corrected chi connectivity index (χ4v) is 2.87. The van der Waals surface area contributed by atoms with E-state index in [0.717, 1.165) is 12.8 Å². The number of aromatic nitrogens is 3. The van der Waals surface area contributed by atoms with Crippen LogP contribution in [0.25, 0.3) is 10.9 Å². The molecular formula is C20H30N4O2. The van der Waals surface area contributed by atoms with Crippen molar-refractivity contribution < 1.29 is 4.79 Å². The minimum absolute atomic E-state index is 0.00978. The molecule has 26 heavy (non-hydrogen) atoms. The second-order valence-corrected chi connectivity index (χ2v) is 8.34. The number of fused-ring (bicyclic) bond motifs is 1. The molecule has 0 spiro atoms. The third-order valence-electron chi connectivity index (χ3n) is 4.59. The highest BCUT2D eigenvalue weighted by molar-refractivity contribution is 5.77. The van der Waals surface area contributed by atoms with Crippen LogP contribution in [-0.2, 0) is 11.3 Å². The Balaban J connectivity index is 2.01. The lowest BCUT2D eigenvalue weighted by molar-refractivity contribution is -0.123. The zero-order valence-corrected chi connectivity index (χ0v) is 16.5. The summed E-state index contributed by atoms with van der Waals surface area (Å²) in [5.74, 6) is 0.541. The number of benzene rings is 1. The molecule has 1 N–H and O–H groups in total. The molecule has 142 valence electrons. The third kappa shape index (κ3) is 5.38. The van der Waals surface area contributed by atoms with Crippen LogP contribution in [0.1, 0.15) is 53.9 Å². The monoisotopic (exact) mass is 358 g/mol. The summed E-state index contributed by atoms with van der Waals surface area (Å²) in [5.41, 5.74) is 0.347. The minimum atomic E-state index is -0.212. The molecule has 0 bridgehead atoms. The van der Waals surface area contributed by atoms with E-state index in [1.54, 1.807) is 18.2 Å². The molecule has 1 aromatic heterocycles. The largest absolute Gasteiger partial charge is 0.353 e. The van der Waals surface area contributed by atoms with Crippen molar-refractivity contribution in [1.29, 1.82) is 0 Å². The SMILES string of the molecule is CC(C)CCC(NC(=O)CCn1nnc2ccccc2c1=O)C(C)(C)C. The molecule has 6 heteroatoms. The molecule has 0 fully saturated rings. The first kappa shape index (κ1) is 20.1. The number of hydrogen-bond donors (Lipinski definition) is 1. The number of nitrogens with zero attached hydrogens (tertiary/aromatic N) is 3. The zero-order valence-electron chi connectivity index (χ0n) is 16.5. The summed E-state index contributed by atoms with van der Waals surface area (Å²) in [6.07, 6.45) is 2.22. The number of aryl methyl sites for hydroxylation is 1. The first-order chi connectivity index (χ1) is 12.2. The van der Waals surface area contributed by atoms with E-state index in [1.165, 1.54) is 4.68 Å². The van der Waals surface area contributed by atoms with Crippen LogP contribution in [0, 0.1) is 11.3 Å². The molecule has 0 saturated carbocycles. The Labute approximate surface area is 155 Å². The lowest BCUT2D eigenvalue weighted by Gasteiger charge is -2.32. The topological polar surface area (TPSA) is 76.9 Å². The molecule has 6 nitrogen and oxygen atoms in total. The van der Waals surface area contributed by atoms with E-state index in [9.17, 15) is 9.59 Å². The van der Waals surface area contributed by atoms with Crippen molar-refractivity contribution in [3.63, 3.8) is 0 Å². The van der Waals surface area contributed by atoms with Gasteiger partial charge in [0.05, 0.1) is 11.9 Å². The third-order valence-corrected chi connectivity index (χ3v) is 4.59. The summed E-state index contributed by atoms with van der Waals surface area (Å²) in [6, 6.07) is 7.20. The van der Waals surface area contributed by atoms with Gasteiger partial charge in [0.2, 0.25) is 5.91 Å². The molecule has 1 unspecified atom stereocenters. The Bertz CT molecular complexity index is 805. The van der Waals surface area contributed by atoms with Gasteiger partial charge in [-0.05, 0) is 36.3 Å². The van der Waals surface area contributed by atoms with Crippen LogP contribution in [0.3, 0.4) is 0 Å². The quantitative estimate of drug-likeness (QED) is 0.825. The summed E-state index contributed by atoms with van der Waals surface area (Å²) < 4.78 is 1.27. The Hall–Kier alpha value is -2.24. The Morgan fingerprint density at radius 2 is 1.88 bits per heavy atom. The average Bonchev–Trinajstić information content (AvgIpc) is 2.57. The van der Waals surface area contributed by atoms with Gasteiger partial charge in [0.1, 0.15) is 5.52 Å². The van der Waals surface area contributed by atoms with Crippen LogP contribution < -0.4 is 10.9 Å². The number of rotatable bonds is 7. The lowest BCUT2D eigenvalue weighted by atomic mass is 9.82. The maximum Gasteiger partial charge on any atom is 0.277 e. The van der Waals surface area contributed by atoms with Crippen molar-refractivity contribution in [3.05, 3.63) is 34.6 Å². The number of hydrogen-bond acceptors (Lipinski definition) is 4. The molecule has 0 aliphatic heterocycles. The maximum atomic E-state index is 12.4. The van der Waals surface area contributed by atoms with E-state index in [2.05, 4.69) is 50.2 Å². The molecule has 0 aliphatic carbocycles. The Morgan fingerprint density at radius 1 is 1.19 bits per heavy atom. The number of carbonyl (C=O) groups excluding carboxylic acids is 1. The van der Waals surface area contributed by atoms with Gasteiger partial charge < -0.3 is 5.32 Å². The molecule has 2 rings (SSSR count). The first-order valence-corrected chi connectivity index (χ1v) is 9.30. The van der Waals surface area contributed by atoms with Crippen LogP contribution >= 0.6 is 0 Å². The van der Waals surface area contributed by atoms with E-state index < -0.39 is 0 Å². The number of nitrogens with one attached hydrogen (secondary N) is 1. The predicted octanol–water partition coefficient (Wildman–Crippen LogP) is 3.15. The van der Waals surface area contributed by atoms with Gasteiger partial charge in [0.15, 0.2) is 0 Å². The molecule has 0 aliphatic rings. The summed E-state index contributed by atoms with van der Waals surface area (Å²) in [7, 11) is 0. The highest BCUT2D eigenvalue weighted by atomic mass is 16.2. The van der Waals surface area contributed by atoms with Gasteiger partial charge in [0, 0.05) is 12.5 Å². The molecule has 1 aromatic carbocycles. The van der Waals surface area contributed by atoms with Crippen molar-refractivity contribution in [3.8, 4) is 0 Å². The van der Waals surface area contributed by atoms with Gasteiger partial charge in [0.25, 0.3) is 5.56 Å². The molecule has 0 radical (unpaired) electrons. The van der Waals surface area contributed by atoms with Gasteiger partial charge in [-0.15, -0.1) is 5.10 Å². The molecular weight excluding hydrogens is 328 g/mol. The summed E-state index contributed by atoms with van der Waals surface area (Å²) >= 11 is 0. The van der Waals surface area contributed by atoms with Crippen molar-refractivity contribution >= 4 is 16.8 Å². The second-order valence-electron chi connectivity index (χ2n) is 8.34. The van der Waals surface area contributed by atoms with E-state index >= 15 is 0 Å². The van der Waals surface area contributed by atoms with E-state index in [4.69, 9.17) is 0 Å². The van der Waals surface area contributed by atoms with Crippen LogP contribution in [0.4, 0.5) is 0 Å². The van der Waals surface area contributed by atoms with Crippen molar-refractivity contribution in [2.24, 2.45) is 11.3 Å². The highest BCUT2D eigenvalue weighted by Crippen LogP contribution is 2.24. The van der Waals surface area contributed by atoms with Gasteiger partial charge in [-0.25, -0.2) is 4.68 Å². The van der Waals surface area contributed by atoms with Gasteiger partial charge in [-0.1, -0.05) is 52.0 Å². The van der Waals surface area contributed by atoms with Crippen LogP contribution in [0.15, 0.2) is 29.1 Å². The highest BCUT2D eigenvalue weighted by Gasteiger charge is 2.26. The van der Waals surface area contributed by atoms with Gasteiger partial charge in [-0.2, -0.15) is 0 Å². The van der Waals surface area contributed by atoms with Crippen LogP contribution in [-0.4, -0.2) is 26.9 Å². The molecule has 1 amide bonds. The normalized spacial score (nSPS) is 13.2. The second kappa shape index (κ2) is 8.43. The van der Waals surface area contributed by atoms with Crippen molar-refractivity contribution in [2.45, 2.75) is 66.5 Å². The lowest BCUT2D eigenvalue weighted by Crippen LogP contribution is -2.44. The van der Waals surface area contributed by atoms with E-state index in [1.807, 2.05) is 6.07 Å². The Morgan fingerprint density at radius 3 is 2.54 bits per heavy atom. The first-order valence-electron chi connectivity index (χ1n) is 9.30. The maximum absolute atomic E-state index is 12.4. The standard InChI is InChI=1S/C20H30N4O2/c1-14(2)10-11-17(20(3,4)5)21-18(25)12-13-24-19(26)15-8-6-7-9-16(15)22-23-24/h6-9,14,17H,10-13H2,1-5H3,(H,21,25).